The number of carbonyl (C=O) groups excluding carboxylic acids is 3. The second-order valence-corrected chi connectivity index (χ2v) is 8.80. The van der Waals surface area contributed by atoms with Gasteiger partial charge in [0, 0.05) is 10.9 Å². The number of para-hydroxylation sites is 1. The number of H-pyrrole nitrogens is 1. The predicted molar refractivity (Wildman–Crippen MR) is 124 cm³/mol. The topological polar surface area (TPSA) is 127 Å². The number of hydrogen-bond donors (Lipinski definition) is 2. The second-order valence-electron chi connectivity index (χ2n) is 6.84. The van der Waals surface area contributed by atoms with Crippen LogP contribution in [0.2, 0.25) is 0 Å². The Hall–Kier alpha value is -3.31. The van der Waals surface area contributed by atoms with Gasteiger partial charge in [0.1, 0.15) is 10.5 Å². The molecule has 4 aromatic rings. The van der Waals surface area contributed by atoms with Gasteiger partial charge in [0.2, 0.25) is 11.1 Å². The molecular weight excluding hydrogens is 450 g/mol. The molecule has 1 amide bonds. The number of thiophene rings is 1. The average Bonchev–Trinajstić information content (AvgIpc) is 3.29. The molecule has 32 heavy (non-hydrogen) atoms. The summed E-state index contributed by atoms with van der Waals surface area (Å²) < 4.78 is 5.09. The van der Waals surface area contributed by atoms with Crippen LogP contribution in [0.25, 0.3) is 22.1 Å². The van der Waals surface area contributed by atoms with E-state index in [1.165, 1.54) is 6.92 Å². The third-order valence-electron chi connectivity index (χ3n) is 4.63. The van der Waals surface area contributed by atoms with Gasteiger partial charge in [0.05, 0.1) is 22.8 Å². The molecule has 0 unspecified atom stereocenters. The lowest BCUT2D eigenvalue weighted by atomic mass is 10.1. The molecular formula is C21H19N5O4S2. The Morgan fingerprint density at radius 2 is 2.00 bits per heavy atom. The maximum Gasteiger partial charge on any atom is 0.341 e. The van der Waals surface area contributed by atoms with Crippen molar-refractivity contribution >= 4 is 67.8 Å². The van der Waals surface area contributed by atoms with Crippen LogP contribution in [0, 0.1) is 6.92 Å². The fraction of sp³-hybridized carbons (Fsp3) is 0.238. The number of thioether (sulfide) groups is 1. The zero-order valence-corrected chi connectivity index (χ0v) is 19.1. The van der Waals surface area contributed by atoms with Crippen LogP contribution in [-0.2, 0) is 9.53 Å². The van der Waals surface area contributed by atoms with Gasteiger partial charge in [0.25, 0.3) is 0 Å². The fourth-order valence-corrected chi connectivity index (χ4v) is 4.94. The van der Waals surface area contributed by atoms with E-state index in [9.17, 15) is 14.4 Å². The summed E-state index contributed by atoms with van der Waals surface area (Å²) in [6, 6.07) is 7.70. The van der Waals surface area contributed by atoms with Crippen molar-refractivity contribution in [2.45, 2.75) is 25.9 Å². The molecule has 164 valence electrons. The number of esters is 1. The lowest BCUT2D eigenvalue weighted by molar-refractivity contribution is -0.113. The first-order valence-electron chi connectivity index (χ1n) is 9.74. The number of aromatic amines is 1. The van der Waals surface area contributed by atoms with Crippen molar-refractivity contribution in [3.8, 4) is 0 Å². The van der Waals surface area contributed by atoms with Gasteiger partial charge in [0.15, 0.2) is 11.4 Å². The zero-order chi connectivity index (χ0) is 22.8. The van der Waals surface area contributed by atoms with Gasteiger partial charge in [-0.25, -0.2) is 9.78 Å². The van der Waals surface area contributed by atoms with Crippen molar-refractivity contribution in [1.82, 2.24) is 20.2 Å². The summed E-state index contributed by atoms with van der Waals surface area (Å²) >= 11 is 2.18. The minimum Gasteiger partial charge on any atom is -0.462 e. The van der Waals surface area contributed by atoms with Crippen molar-refractivity contribution in [3.63, 3.8) is 0 Å². The molecule has 0 aliphatic heterocycles. The van der Waals surface area contributed by atoms with Gasteiger partial charge < -0.3 is 15.0 Å². The van der Waals surface area contributed by atoms with E-state index in [0.29, 0.717) is 31.8 Å². The SMILES string of the molecule is CCOC(=O)c1c(NC(=O)CSc2nnc3c(n2)[nH]c2ccccc23)sc(C(C)=O)c1C. The van der Waals surface area contributed by atoms with Crippen LogP contribution in [-0.4, -0.2) is 50.2 Å². The standard InChI is InChI=1S/C21H19N5O4S2/c1-4-30-20(29)15-10(2)17(11(3)27)32-19(15)23-14(28)9-31-21-24-18-16(25-26-21)12-7-5-6-8-13(12)22-18/h5-8H,4,9H2,1-3H3,(H,23,28)(H,22,24,26). The molecule has 11 heteroatoms. The third kappa shape index (κ3) is 4.21. The second kappa shape index (κ2) is 9.05. The molecule has 0 aliphatic rings. The smallest absolute Gasteiger partial charge is 0.341 e. The Morgan fingerprint density at radius 3 is 2.75 bits per heavy atom. The lowest BCUT2D eigenvalue weighted by Gasteiger charge is -2.06. The van der Waals surface area contributed by atoms with Gasteiger partial charge in [-0.05, 0) is 32.4 Å². The Balaban J connectivity index is 1.50. The normalized spacial score (nSPS) is 11.1. The van der Waals surface area contributed by atoms with Gasteiger partial charge in [-0.3, -0.25) is 9.59 Å². The molecule has 3 heterocycles. The van der Waals surface area contributed by atoms with Crippen molar-refractivity contribution in [2.75, 3.05) is 17.7 Å². The number of fused-ring (bicyclic) bond motifs is 3. The van der Waals surface area contributed by atoms with E-state index in [-0.39, 0.29) is 29.6 Å². The van der Waals surface area contributed by atoms with E-state index in [1.54, 1.807) is 13.8 Å². The molecule has 0 bridgehead atoms. The van der Waals surface area contributed by atoms with Crippen LogP contribution in [0.15, 0.2) is 29.4 Å². The molecule has 0 saturated carbocycles. The lowest BCUT2D eigenvalue weighted by Crippen LogP contribution is -2.16. The molecule has 0 aliphatic carbocycles. The maximum absolute atomic E-state index is 12.6. The number of ether oxygens (including phenoxy) is 1. The van der Waals surface area contributed by atoms with Crippen LogP contribution in [0.1, 0.15) is 39.4 Å². The highest BCUT2D eigenvalue weighted by atomic mass is 32.2. The van der Waals surface area contributed by atoms with E-state index < -0.39 is 5.97 Å². The number of nitrogens with one attached hydrogen (secondary N) is 2. The molecule has 0 fully saturated rings. The summed E-state index contributed by atoms with van der Waals surface area (Å²) in [6.07, 6.45) is 0. The Morgan fingerprint density at radius 1 is 1.22 bits per heavy atom. The van der Waals surface area contributed by atoms with E-state index in [1.807, 2.05) is 24.3 Å². The van der Waals surface area contributed by atoms with Crippen molar-refractivity contribution in [1.29, 1.82) is 0 Å². The van der Waals surface area contributed by atoms with E-state index in [0.717, 1.165) is 34.0 Å². The number of benzene rings is 1. The van der Waals surface area contributed by atoms with E-state index >= 15 is 0 Å². The summed E-state index contributed by atoms with van der Waals surface area (Å²) in [5.41, 5.74) is 2.87. The Kier molecular flexibility index (Phi) is 6.19. The fourth-order valence-electron chi connectivity index (χ4n) is 3.25. The maximum atomic E-state index is 12.6. The zero-order valence-electron chi connectivity index (χ0n) is 17.5. The third-order valence-corrected chi connectivity index (χ3v) is 6.78. The average molecular weight is 470 g/mol. The van der Waals surface area contributed by atoms with Crippen molar-refractivity contribution in [2.24, 2.45) is 0 Å². The van der Waals surface area contributed by atoms with Crippen LogP contribution in [0.4, 0.5) is 5.00 Å². The minimum absolute atomic E-state index is 0.00202. The van der Waals surface area contributed by atoms with E-state index in [4.69, 9.17) is 4.74 Å². The first-order valence-corrected chi connectivity index (χ1v) is 11.5. The number of Topliss-reactive ketones (excluding diaryl/α,β-unsaturated/α-hetero) is 1. The van der Waals surface area contributed by atoms with Gasteiger partial charge in [-0.1, -0.05) is 30.0 Å². The molecule has 3 aromatic heterocycles. The summed E-state index contributed by atoms with van der Waals surface area (Å²) in [5.74, 6) is -1.12. The molecule has 2 N–H and O–H groups in total. The summed E-state index contributed by atoms with van der Waals surface area (Å²) in [5, 5.41) is 12.6. The first-order chi connectivity index (χ1) is 15.4. The Labute approximate surface area is 191 Å². The van der Waals surface area contributed by atoms with Crippen molar-refractivity contribution in [3.05, 3.63) is 40.3 Å². The number of hydrogen-bond acceptors (Lipinski definition) is 9. The molecule has 0 radical (unpaired) electrons. The number of anilines is 1. The van der Waals surface area contributed by atoms with Crippen LogP contribution in [0.5, 0.6) is 0 Å². The molecule has 4 rings (SSSR count). The Bertz CT molecular complexity index is 1360. The molecule has 0 saturated heterocycles. The van der Waals surface area contributed by atoms with Crippen LogP contribution < -0.4 is 5.32 Å². The number of nitrogens with zero attached hydrogens (tertiary/aromatic N) is 3. The minimum atomic E-state index is -0.575. The number of aromatic nitrogens is 4. The predicted octanol–water partition coefficient (Wildman–Crippen LogP) is 3.99. The molecule has 0 spiro atoms. The number of carbonyl (C=O) groups is 3. The number of rotatable bonds is 7. The number of amides is 1. The monoisotopic (exact) mass is 469 g/mol. The number of ketones is 1. The van der Waals surface area contributed by atoms with Crippen LogP contribution >= 0.6 is 23.1 Å². The van der Waals surface area contributed by atoms with Gasteiger partial charge in [-0.2, -0.15) is 0 Å². The quantitative estimate of drug-likeness (QED) is 0.236. The van der Waals surface area contributed by atoms with Crippen LogP contribution in [0.3, 0.4) is 0 Å². The molecule has 0 atom stereocenters. The first kappa shape index (κ1) is 21.9. The van der Waals surface area contributed by atoms with Crippen molar-refractivity contribution < 1.29 is 19.1 Å². The highest BCUT2D eigenvalue weighted by molar-refractivity contribution is 7.99. The van der Waals surface area contributed by atoms with E-state index in [2.05, 4.69) is 25.5 Å². The summed E-state index contributed by atoms with van der Waals surface area (Å²) in [4.78, 5) is 44.9. The van der Waals surface area contributed by atoms with Gasteiger partial charge in [-0.15, -0.1) is 21.5 Å². The highest BCUT2D eigenvalue weighted by Gasteiger charge is 2.25. The summed E-state index contributed by atoms with van der Waals surface area (Å²) in [6.45, 7) is 4.96. The summed E-state index contributed by atoms with van der Waals surface area (Å²) in [7, 11) is 0. The van der Waals surface area contributed by atoms with Gasteiger partial charge >= 0.3 is 5.97 Å². The molecule has 1 aromatic carbocycles. The highest BCUT2D eigenvalue weighted by Crippen LogP contribution is 2.34. The largest absolute Gasteiger partial charge is 0.462 e. The molecule has 9 nitrogen and oxygen atoms in total.